The molecule has 3 aromatic rings. The van der Waals surface area contributed by atoms with Crippen LogP contribution in [0.15, 0.2) is 30.5 Å². The smallest absolute Gasteiger partial charge is 0.209 e. The summed E-state index contributed by atoms with van der Waals surface area (Å²) in [5.74, 6) is 0.410. The van der Waals surface area contributed by atoms with Crippen molar-refractivity contribution in [2.24, 2.45) is 5.92 Å². The predicted molar refractivity (Wildman–Crippen MR) is 117 cm³/mol. The van der Waals surface area contributed by atoms with Gasteiger partial charge in [-0.15, -0.1) is 10.2 Å². The van der Waals surface area contributed by atoms with Crippen molar-refractivity contribution in [2.75, 3.05) is 18.0 Å². The molecule has 2 atom stereocenters. The number of hydrogen-bond donors (Lipinski definition) is 1. The maximum atomic E-state index is 15.3. The third kappa shape index (κ3) is 4.71. The van der Waals surface area contributed by atoms with Crippen molar-refractivity contribution in [1.29, 1.82) is 0 Å². The van der Waals surface area contributed by atoms with Gasteiger partial charge in [0.15, 0.2) is 0 Å². The number of rotatable bonds is 6. The van der Waals surface area contributed by atoms with Gasteiger partial charge in [-0.05, 0) is 61.2 Å². The van der Waals surface area contributed by atoms with E-state index < -0.39 is 0 Å². The Kier molecular flexibility index (Phi) is 6.22. The fraction of sp³-hybridized carbons (Fsp3) is 0.500. The minimum atomic E-state index is -0.308. The van der Waals surface area contributed by atoms with Gasteiger partial charge in [0, 0.05) is 37.9 Å². The van der Waals surface area contributed by atoms with E-state index in [1.165, 1.54) is 0 Å². The zero-order valence-electron chi connectivity index (χ0n) is 18.5. The molecule has 0 aliphatic carbocycles. The Labute approximate surface area is 181 Å². The monoisotopic (exact) mass is 424 g/mol. The van der Waals surface area contributed by atoms with Crippen LogP contribution in [0.5, 0.6) is 0 Å². The molecule has 1 N–H and O–H groups in total. The number of hydrogen-bond acceptors (Lipinski definition) is 7. The molecule has 9 heteroatoms. The van der Waals surface area contributed by atoms with Crippen LogP contribution in [-0.4, -0.2) is 60.9 Å². The summed E-state index contributed by atoms with van der Waals surface area (Å²) in [4.78, 5) is 4.67. The molecule has 1 aliphatic heterocycles. The maximum absolute atomic E-state index is 15.3. The van der Waals surface area contributed by atoms with Crippen molar-refractivity contribution in [3.05, 3.63) is 47.5 Å². The average Bonchev–Trinajstić information content (AvgIpc) is 3.24. The molecule has 1 aliphatic rings. The molecule has 0 unspecified atom stereocenters. The van der Waals surface area contributed by atoms with Gasteiger partial charge in [-0.25, -0.2) is 4.39 Å². The molecule has 8 nitrogen and oxygen atoms in total. The second kappa shape index (κ2) is 9.05. The van der Waals surface area contributed by atoms with Gasteiger partial charge in [0.1, 0.15) is 5.82 Å². The molecule has 31 heavy (non-hydrogen) atoms. The predicted octanol–water partition coefficient (Wildman–Crippen LogP) is 3.09. The summed E-state index contributed by atoms with van der Waals surface area (Å²) in [7, 11) is 0. The normalized spacial score (nSPS) is 19.9. The lowest BCUT2D eigenvalue weighted by molar-refractivity contribution is 0.121. The van der Waals surface area contributed by atoms with Crippen molar-refractivity contribution in [2.45, 2.75) is 52.7 Å². The third-order valence-corrected chi connectivity index (χ3v) is 5.76. The van der Waals surface area contributed by atoms with Crippen LogP contribution in [0, 0.1) is 11.7 Å². The van der Waals surface area contributed by atoms with Crippen molar-refractivity contribution in [3.63, 3.8) is 0 Å². The number of piperazine rings is 1. The Hall–Kier alpha value is -2.94. The highest BCUT2D eigenvalue weighted by Gasteiger charge is 2.32. The summed E-state index contributed by atoms with van der Waals surface area (Å²) in [5.41, 5.74) is 3.17. The average molecular weight is 425 g/mol. The Morgan fingerprint density at radius 1 is 1.16 bits per heavy atom. The van der Waals surface area contributed by atoms with Gasteiger partial charge in [0.05, 0.1) is 16.9 Å². The van der Waals surface area contributed by atoms with Crippen LogP contribution in [0.3, 0.4) is 0 Å². The SMILES string of the molecule is CC(C)Cc1cc(F)c(-c2nn[nH]n2)c(N2C[C@H](C)N(Cc3cccnn3)[C@@H](C)C2)c1. The number of halogens is 1. The van der Waals surface area contributed by atoms with Crippen molar-refractivity contribution in [1.82, 2.24) is 35.7 Å². The lowest BCUT2D eigenvalue weighted by atomic mass is 9.97. The minimum Gasteiger partial charge on any atom is -0.368 e. The van der Waals surface area contributed by atoms with Crippen LogP contribution >= 0.6 is 0 Å². The summed E-state index contributed by atoms with van der Waals surface area (Å²) in [6.45, 7) is 10.9. The molecule has 1 fully saturated rings. The Morgan fingerprint density at radius 2 is 1.94 bits per heavy atom. The van der Waals surface area contributed by atoms with E-state index in [1.54, 1.807) is 12.3 Å². The van der Waals surface area contributed by atoms with Gasteiger partial charge in [0.2, 0.25) is 5.82 Å². The zero-order chi connectivity index (χ0) is 22.0. The lowest BCUT2D eigenvalue weighted by Gasteiger charge is -2.45. The number of tetrazole rings is 1. The number of nitrogens with zero attached hydrogens (tertiary/aromatic N) is 7. The van der Waals surface area contributed by atoms with E-state index in [9.17, 15) is 0 Å². The molecule has 3 heterocycles. The van der Waals surface area contributed by atoms with Crippen LogP contribution in [0.2, 0.25) is 0 Å². The van der Waals surface area contributed by atoms with Crippen LogP contribution in [0.4, 0.5) is 10.1 Å². The van der Waals surface area contributed by atoms with E-state index >= 15 is 4.39 Å². The first-order valence-corrected chi connectivity index (χ1v) is 10.8. The molecular weight excluding hydrogens is 395 g/mol. The highest BCUT2D eigenvalue weighted by Crippen LogP contribution is 2.35. The first kappa shape index (κ1) is 21.3. The lowest BCUT2D eigenvalue weighted by Crippen LogP contribution is -2.56. The van der Waals surface area contributed by atoms with Gasteiger partial charge in [-0.3, -0.25) is 4.90 Å². The van der Waals surface area contributed by atoms with E-state index in [4.69, 9.17) is 0 Å². The third-order valence-electron chi connectivity index (χ3n) is 5.76. The summed E-state index contributed by atoms with van der Waals surface area (Å²) < 4.78 is 15.3. The molecule has 2 aromatic heterocycles. The van der Waals surface area contributed by atoms with Crippen LogP contribution in [0.25, 0.3) is 11.4 Å². The minimum absolute atomic E-state index is 0.251. The largest absolute Gasteiger partial charge is 0.368 e. The first-order chi connectivity index (χ1) is 14.9. The van der Waals surface area contributed by atoms with Gasteiger partial charge < -0.3 is 4.90 Å². The topological polar surface area (TPSA) is 86.7 Å². The van der Waals surface area contributed by atoms with Crippen LogP contribution in [-0.2, 0) is 13.0 Å². The van der Waals surface area contributed by atoms with E-state index in [-0.39, 0.29) is 23.7 Å². The van der Waals surface area contributed by atoms with Crippen molar-refractivity contribution >= 4 is 5.69 Å². The van der Waals surface area contributed by atoms with Gasteiger partial charge in [-0.2, -0.15) is 15.4 Å². The highest BCUT2D eigenvalue weighted by molar-refractivity contribution is 5.76. The number of aromatic nitrogens is 6. The molecule has 4 rings (SSSR count). The zero-order valence-corrected chi connectivity index (χ0v) is 18.5. The van der Waals surface area contributed by atoms with Crippen molar-refractivity contribution in [3.8, 4) is 11.4 Å². The number of benzene rings is 1. The summed E-state index contributed by atoms with van der Waals surface area (Å²) >= 11 is 0. The Morgan fingerprint density at radius 3 is 2.55 bits per heavy atom. The highest BCUT2D eigenvalue weighted by atomic mass is 19.1. The van der Waals surface area contributed by atoms with E-state index in [0.29, 0.717) is 11.5 Å². The number of aromatic amines is 1. The second-order valence-electron chi connectivity index (χ2n) is 8.80. The molecule has 1 aromatic carbocycles. The Balaban J connectivity index is 1.65. The number of H-pyrrole nitrogens is 1. The summed E-state index contributed by atoms with van der Waals surface area (Å²) in [6.07, 6.45) is 2.50. The van der Waals surface area contributed by atoms with E-state index in [1.807, 2.05) is 12.1 Å². The molecule has 0 spiro atoms. The van der Waals surface area contributed by atoms with Gasteiger partial charge in [-0.1, -0.05) is 13.8 Å². The quantitative estimate of drug-likeness (QED) is 0.651. The molecule has 0 amide bonds. The fourth-order valence-corrected chi connectivity index (χ4v) is 4.44. The molecule has 1 saturated heterocycles. The van der Waals surface area contributed by atoms with Gasteiger partial charge in [0.25, 0.3) is 0 Å². The fourth-order valence-electron chi connectivity index (χ4n) is 4.44. The molecule has 0 bridgehead atoms. The molecule has 0 radical (unpaired) electrons. The summed E-state index contributed by atoms with van der Waals surface area (Å²) in [5, 5.41) is 22.4. The van der Waals surface area contributed by atoms with Crippen LogP contribution < -0.4 is 4.90 Å². The molecular formula is C22H29FN8. The van der Waals surface area contributed by atoms with Gasteiger partial charge >= 0.3 is 0 Å². The number of nitrogens with one attached hydrogen (secondary N) is 1. The van der Waals surface area contributed by atoms with E-state index in [0.717, 1.165) is 43.0 Å². The molecule has 0 saturated carbocycles. The summed E-state index contributed by atoms with van der Waals surface area (Å²) in [6, 6.07) is 8.10. The first-order valence-electron chi connectivity index (χ1n) is 10.8. The standard InChI is InChI=1S/C22H29FN8/c1-14(2)8-17-9-19(23)21(22-26-28-29-27-22)20(10-17)30-11-15(3)31(16(4)12-30)13-18-6-5-7-24-25-18/h5-7,9-10,14-16H,8,11-13H2,1-4H3,(H,26,27,28,29)/t15-,16-/m0/s1. The number of anilines is 1. The second-order valence-corrected chi connectivity index (χ2v) is 8.80. The van der Waals surface area contributed by atoms with E-state index in [2.05, 4.69) is 74.4 Å². The van der Waals surface area contributed by atoms with Crippen molar-refractivity contribution < 1.29 is 4.39 Å². The maximum Gasteiger partial charge on any atom is 0.209 e. The Bertz CT molecular complexity index is 980. The molecule has 164 valence electrons. The van der Waals surface area contributed by atoms with Crippen LogP contribution in [0.1, 0.15) is 39.0 Å².